The molecule has 1 N–H and O–H groups in total. The summed E-state index contributed by atoms with van der Waals surface area (Å²) in [6, 6.07) is 4.28. The Morgan fingerprint density at radius 2 is 1.95 bits per heavy atom. The van der Waals surface area contributed by atoms with Crippen LogP contribution in [0, 0.1) is 31.6 Å². The second-order valence-electron chi connectivity index (χ2n) is 11.9. The van der Waals surface area contributed by atoms with Crippen molar-refractivity contribution in [2.45, 2.75) is 90.0 Å². The Kier molecular flexibility index (Phi) is 9.75. The Balaban J connectivity index is 1.76. The maximum Gasteiger partial charge on any atom is 0.312 e. The molecule has 3 aliphatic heterocycles. The number of allylic oxidation sites excluding steroid dienone is 1. The summed E-state index contributed by atoms with van der Waals surface area (Å²) < 4.78 is 12.3. The maximum atomic E-state index is 14.8. The summed E-state index contributed by atoms with van der Waals surface area (Å²) >= 11 is 0. The predicted octanol–water partition coefficient (Wildman–Crippen LogP) is 4.50. The Morgan fingerprint density at radius 3 is 2.56 bits per heavy atom. The van der Waals surface area contributed by atoms with E-state index >= 15 is 0 Å². The van der Waals surface area contributed by atoms with Gasteiger partial charge in [-0.2, -0.15) is 0 Å². The first kappa shape index (κ1) is 31.0. The molecule has 8 nitrogen and oxygen atoms in total. The van der Waals surface area contributed by atoms with Gasteiger partial charge in [0.1, 0.15) is 11.6 Å². The van der Waals surface area contributed by atoms with Crippen molar-refractivity contribution in [3.63, 3.8) is 0 Å². The van der Waals surface area contributed by atoms with Crippen LogP contribution in [-0.2, 0) is 23.9 Å². The zero-order valence-corrected chi connectivity index (χ0v) is 25.0. The Hall–Kier alpha value is -2.97. The summed E-state index contributed by atoms with van der Waals surface area (Å²) in [4.78, 5) is 45.9. The molecule has 41 heavy (non-hydrogen) atoms. The molecule has 3 saturated heterocycles. The standard InChI is InChI=1S/C33H46N2O6/c1-7-10-11-12-19-40-32(39)26-25-16-17-33(41-25)27(26)30(37)35(24(20-36)21(4)9-3)29(33)31(38)34(18-8-2)28-22(5)14-13-15-23(28)6/h7-8,13-15,21,24-27,29,36H,1-2,9-12,16-20H2,3-6H3/t21-,24-,25+,26-,27-,29?,33?/m0/s1. The van der Waals surface area contributed by atoms with E-state index in [9.17, 15) is 19.5 Å². The summed E-state index contributed by atoms with van der Waals surface area (Å²) in [6.07, 6.45) is 7.20. The summed E-state index contributed by atoms with van der Waals surface area (Å²) in [5.74, 6) is -2.71. The van der Waals surface area contributed by atoms with E-state index in [1.165, 1.54) is 0 Å². The molecule has 0 saturated carbocycles. The van der Waals surface area contributed by atoms with E-state index in [2.05, 4.69) is 13.2 Å². The lowest BCUT2D eigenvalue weighted by molar-refractivity contribution is -0.156. The van der Waals surface area contributed by atoms with E-state index in [0.29, 0.717) is 25.7 Å². The number of hydrogen-bond acceptors (Lipinski definition) is 6. The molecule has 1 aromatic carbocycles. The van der Waals surface area contributed by atoms with Crippen LogP contribution in [0.2, 0.25) is 0 Å². The van der Waals surface area contributed by atoms with Gasteiger partial charge in [0.05, 0.1) is 37.2 Å². The molecule has 224 valence electrons. The van der Waals surface area contributed by atoms with Crippen LogP contribution < -0.4 is 4.90 Å². The van der Waals surface area contributed by atoms with Crippen LogP contribution in [0.1, 0.15) is 63.5 Å². The molecule has 3 aliphatic rings. The van der Waals surface area contributed by atoms with Crippen molar-refractivity contribution < 1.29 is 29.0 Å². The first-order valence-corrected chi connectivity index (χ1v) is 15.0. The topological polar surface area (TPSA) is 96.4 Å². The number of fused-ring (bicyclic) bond motifs is 1. The summed E-state index contributed by atoms with van der Waals surface area (Å²) in [6.45, 7) is 15.7. The third-order valence-electron chi connectivity index (χ3n) is 9.42. The second kappa shape index (κ2) is 12.9. The predicted molar refractivity (Wildman–Crippen MR) is 158 cm³/mol. The first-order valence-electron chi connectivity index (χ1n) is 15.0. The number of para-hydroxylation sites is 1. The number of carbonyl (C=O) groups excluding carboxylic acids is 3. The Labute approximate surface area is 244 Å². The number of aryl methyl sites for hydroxylation is 2. The van der Waals surface area contributed by atoms with Crippen LogP contribution in [0.4, 0.5) is 5.69 Å². The fraction of sp³-hybridized carbons (Fsp3) is 0.606. The molecule has 3 heterocycles. The lowest BCUT2D eigenvalue weighted by Crippen LogP contribution is -2.60. The first-order chi connectivity index (χ1) is 19.7. The number of aliphatic hydroxyl groups is 1. The molecule has 2 amide bonds. The number of anilines is 1. The number of benzene rings is 1. The van der Waals surface area contributed by atoms with Gasteiger partial charge in [-0.3, -0.25) is 14.4 Å². The molecular formula is C33H46N2O6. The number of rotatable bonds is 14. The van der Waals surface area contributed by atoms with Crippen LogP contribution in [0.15, 0.2) is 43.5 Å². The molecule has 8 heteroatoms. The lowest BCUT2D eigenvalue weighted by Gasteiger charge is -2.41. The molecule has 7 atom stereocenters. The molecule has 0 aromatic heterocycles. The molecule has 1 aromatic rings. The van der Waals surface area contributed by atoms with Gasteiger partial charge in [0.2, 0.25) is 5.91 Å². The second-order valence-corrected chi connectivity index (χ2v) is 11.9. The van der Waals surface area contributed by atoms with Crippen LogP contribution >= 0.6 is 0 Å². The minimum absolute atomic E-state index is 0.0741. The highest BCUT2D eigenvalue weighted by Gasteiger charge is 2.75. The highest BCUT2D eigenvalue weighted by Crippen LogP contribution is 2.59. The van der Waals surface area contributed by atoms with Crippen molar-refractivity contribution in [2.75, 3.05) is 24.7 Å². The number of aliphatic hydroxyl groups excluding tert-OH is 1. The smallest absolute Gasteiger partial charge is 0.312 e. The van der Waals surface area contributed by atoms with Crippen LogP contribution in [0.5, 0.6) is 0 Å². The van der Waals surface area contributed by atoms with E-state index in [1.54, 1.807) is 15.9 Å². The van der Waals surface area contributed by atoms with Crippen LogP contribution in [0.25, 0.3) is 0 Å². The van der Waals surface area contributed by atoms with E-state index < -0.39 is 41.6 Å². The number of amides is 2. The van der Waals surface area contributed by atoms with E-state index in [1.807, 2.05) is 52.0 Å². The molecule has 0 aliphatic carbocycles. The number of esters is 1. The number of nitrogens with zero attached hydrogens (tertiary/aromatic N) is 2. The van der Waals surface area contributed by atoms with Gasteiger partial charge in [-0.05, 0) is 63.0 Å². The molecule has 4 rings (SSSR count). The zero-order valence-electron chi connectivity index (χ0n) is 25.0. The summed E-state index contributed by atoms with van der Waals surface area (Å²) in [7, 11) is 0. The number of hydrogen-bond donors (Lipinski definition) is 1. The average molecular weight is 567 g/mol. The molecule has 0 radical (unpaired) electrons. The van der Waals surface area contributed by atoms with Crippen molar-refractivity contribution in [3.05, 3.63) is 54.6 Å². The third kappa shape index (κ3) is 5.37. The highest BCUT2D eigenvalue weighted by atomic mass is 16.6. The van der Waals surface area contributed by atoms with Crippen molar-refractivity contribution in [2.24, 2.45) is 17.8 Å². The van der Waals surface area contributed by atoms with Gasteiger partial charge in [-0.25, -0.2) is 0 Å². The van der Waals surface area contributed by atoms with E-state index in [4.69, 9.17) is 9.47 Å². The number of unbranched alkanes of at least 4 members (excludes halogenated alkanes) is 2. The van der Waals surface area contributed by atoms with Crippen molar-refractivity contribution in [1.29, 1.82) is 0 Å². The van der Waals surface area contributed by atoms with E-state index in [0.717, 1.165) is 29.7 Å². The molecular weight excluding hydrogens is 520 g/mol. The van der Waals surface area contributed by atoms with Gasteiger partial charge in [0.25, 0.3) is 5.91 Å². The largest absolute Gasteiger partial charge is 0.465 e. The summed E-state index contributed by atoms with van der Waals surface area (Å²) in [5, 5.41) is 10.6. The van der Waals surface area contributed by atoms with Gasteiger partial charge in [-0.15, -0.1) is 13.2 Å². The normalized spacial score (nSPS) is 27.8. The average Bonchev–Trinajstić information content (AvgIpc) is 3.60. The summed E-state index contributed by atoms with van der Waals surface area (Å²) in [5.41, 5.74) is 1.47. The van der Waals surface area contributed by atoms with Gasteiger partial charge < -0.3 is 24.4 Å². The zero-order chi connectivity index (χ0) is 29.9. The number of carbonyl (C=O) groups is 3. The van der Waals surface area contributed by atoms with Crippen molar-refractivity contribution in [3.8, 4) is 0 Å². The highest BCUT2D eigenvalue weighted by molar-refractivity contribution is 6.05. The van der Waals surface area contributed by atoms with Crippen LogP contribution in [-0.4, -0.2) is 71.3 Å². The monoisotopic (exact) mass is 566 g/mol. The molecule has 2 unspecified atom stereocenters. The SMILES string of the molecule is C=CCCCCOC(=O)[C@@H]1[C@H]2C(=O)N([C@@H](CO)[C@@H](C)CC)C(C(=O)N(CC=C)c3c(C)cccc3C)C23CC[C@H]1O3. The fourth-order valence-corrected chi connectivity index (χ4v) is 7.27. The number of likely N-dealkylation sites (tertiary alicyclic amines) is 1. The molecule has 3 fully saturated rings. The van der Waals surface area contributed by atoms with Crippen molar-refractivity contribution >= 4 is 23.5 Å². The maximum absolute atomic E-state index is 14.8. The molecule has 2 bridgehead atoms. The third-order valence-corrected chi connectivity index (χ3v) is 9.42. The van der Waals surface area contributed by atoms with Gasteiger partial charge in [-0.1, -0.05) is 50.6 Å². The van der Waals surface area contributed by atoms with Gasteiger partial charge in [0, 0.05) is 12.2 Å². The van der Waals surface area contributed by atoms with E-state index in [-0.39, 0.29) is 37.5 Å². The Morgan fingerprint density at radius 1 is 1.24 bits per heavy atom. The lowest BCUT2D eigenvalue weighted by atomic mass is 9.70. The minimum Gasteiger partial charge on any atom is -0.465 e. The fourth-order valence-electron chi connectivity index (χ4n) is 7.27. The minimum atomic E-state index is -1.16. The van der Waals surface area contributed by atoms with Crippen LogP contribution in [0.3, 0.4) is 0 Å². The van der Waals surface area contributed by atoms with Gasteiger partial charge >= 0.3 is 5.97 Å². The Bertz CT molecular complexity index is 1150. The number of ether oxygens (including phenoxy) is 2. The molecule has 1 spiro atoms. The van der Waals surface area contributed by atoms with Gasteiger partial charge in [0.15, 0.2) is 0 Å². The van der Waals surface area contributed by atoms with Crippen molar-refractivity contribution in [1.82, 2.24) is 4.90 Å². The quantitative estimate of drug-likeness (QED) is 0.202.